The number of rotatable bonds is 5. The molecule has 0 saturated heterocycles. The maximum Gasteiger partial charge on any atom is 0.418 e. The zero-order chi connectivity index (χ0) is 18.6. The first-order valence-corrected chi connectivity index (χ1v) is 8.09. The van der Waals surface area contributed by atoms with Crippen LogP contribution in [-0.4, -0.2) is 16.5 Å². The molecule has 4 nitrogen and oxygen atoms in total. The molecule has 1 heterocycles. The van der Waals surface area contributed by atoms with E-state index in [4.69, 9.17) is 0 Å². The summed E-state index contributed by atoms with van der Waals surface area (Å²) < 4.78 is 39.6. The van der Waals surface area contributed by atoms with Gasteiger partial charge in [0.25, 0.3) is 0 Å². The summed E-state index contributed by atoms with van der Waals surface area (Å²) in [5.41, 5.74) is 0.662. The third-order valence-electron chi connectivity index (χ3n) is 3.63. The van der Waals surface area contributed by atoms with E-state index in [1.165, 1.54) is 12.1 Å². The number of nitrogens with zero attached hydrogens (tertiary/aromatic N) is 2. The van der Waals surface area contributed by atoms with E-state index in [1.807, 2.05) is 37.3 Å². The van der Waals surface area contributed by atoms with Crippen LogP contribution in [-0.2, 0) is 6.18 Å². The Morgan fingerprint density at radius 3 is 2.31 bits per heavy atom. The number of benzene rings is 2. The van der Waals surface area contributed by atoms with E-state index in [2.05, 4.69) is 20.6 Å². The Morgan fingerprint density at radius 2 is 1.62 bits per heavy atom. The van der Waals surface area contributed by atoms with Crippen LogP contribution >= 0.6 is 0 Å². The smallest absolute Gasteiger partial charge is 0.354 e. The van der Waals surface area contributed by atoms with Crippen LogP contribution in [0.15, 0.2) is 60.7 Å². The van der Waals surface area contributed by atoms with Gasteiger partial charge in [0.05, 0.1) is 16.9 Å². The third-order valence-corrected chi connectivity index (χ3v) is 3.63. The summed E-state index contributed by atoms with van der Waals surface area (Å²) in [6.07, 6.45) is -4.45. The molecule has 0 aliphatic carbocycles. The molecule has 1 aromatic heterocycles. The highest BCUT2D eigenvalue weighted by atomic mass is 19.4. The van der Waals surface area contributed by atoms with Crippen LogP contribution in [0.25, 0.3) is 11.3 Å². The van der Waals surface area contributed by atoms with Gasteiger partial charge in [-0.1, -0.05) is 42.5 Å². The van der Waals surface area contributed by atoms with E-state index in [9.17, 15) is 13.2 Å². The molecule has 134 valence electrons. The van der Waals surface area contributed by atoms with Crippen molar-refractivity contribution < 1.29 is 13.2 Å². The summed E-state index contributed by atoms with van der Waals surface area (Å²) >= 11 is 0. The summed E-state index contributed by atoms with van der Waals surface area (Å²) in [5, 5.41) is 5.78. The number of hydrogen-bond donors (Lipinski definition) is 2. The average molecular weight is 358 g/mol. The molecular formula is C19H17F3N4. The predicted molar refractivity (Wildman–Crippen MR) is 96.4 cm³/mol. The molecule has 0 amide bonds. The largest absolute Gasteiger partial charge is 0.418 e. The van der Waals surface area contributed by atoms with Crippen molar-refractivity contribution in [1.29, 1.82) is 0 Å². The zero-order valence-corrected chi connectivity index (χ0v) is 14.0. The Bertz CT molecular complexity index is 879. The average Bonchev–Trinajstić information content (AvgIpc) is 2.62. The Hall–Kier alpha value is -3.09. The third kappa shape index (κ3) is 4.11. The highest BCUT2D eigenvalue weighted by Gasteiger charge is 2.33. The van der Waals surface area contributed by atoms with Crippen molar-refractivity contribution in [1.82, 2.24) is 9.97 Å². The van der Waals surface area contributed by atoms with Gasteiger partial charge in [0.1, 0.15) is 5.82 Å². The van der Waals surface area contributed by atoms with E-state index >= 15 is 0 Å². The number of nitrogens with one attached hydrogen (secondary N) is 2. The molecule has 0 aliphatic rings. The second kappa shape index (κ2) is 7.43. The zero-order valence-electron chi connectivity index (χ0n) is 14.0. The summed E-state index contributed by atoms with van der Waals surface area (Å²) in [6.45, 7) is 2.49. The molecule has 0 radical (unpaired) electrons. The fourth-order valence-corrected chi connectivity index (χ4v) is 2.48. The minimum absolute atomic E-state index is 0.0554. The van der Waals surface area contributed by atoms with Gasteiger partial charge in [-0.25, -0.2) is 4.98 Å². The van der Waals surface area contributed by atoms with Gasteiger partial charge >= 0.3 is 6.18 Å². The number of hydrogen-bond acceptors (Lipinski definition) is 4. The Kier molecular flexibility index (Phi) is 5.06. The van der Waals surface area contributed by atoms with Crippen molar-refractivity contribution in [3.05, 3.63) is 66.2 Å². The van der Waals surface area contributed by atoms with E-state index in [0.29, 0.717) is 18.2 Å². The molecular weight excluding hydrogens is 341 g/mol. The number of anilines is 3. The van der Waals surface area contributed by atoms with E-state index in [1.54, 1.807) is 12.1 Å². The molecule has 26 heavy (non-hydrogen) atoms. The van der Waals surface area contributed by atoms with E-state index in [-0.39, 0.29) is 11.5 Å². The molecule has 2 N–H and O–H groups in total. The maximum absolute atomic E-state index is 13.2. The van der Waals surface area contributed by atoms with Gasteiger partial charge in [-0.3, -0.25) is 0 Å². The van der Waals surface area contributed by atoms with Gasteiger partial charge in [0.2, 0.25) is 5.95 Å². The minimum Gasteiger partial charge on any atom is -0.354 e. The molecule has 2 aromatic carbocycles. The van der Waals surface area contributed by atoms with Crippen LogP contribution in [0, 0.1) is 0 Å². The second-order valence-corrected chi connectivity index (χ2v) is 5.53. The molecule has 3 aromatic rings. The van der Waals surface area contributed by atoms with Crippen molar-refractivity contribution in [3.63, 3.8) is 0 Å². The van der Waals surface area contributed by atoms with Gasteiger partial charge in [-0.15, -0.1) is 0 Å². The molecule has 0 atom stereocenters. The molecule has 0 fully saturated rings. The normalized spacial score (nSPS) is 11.2. The summed E-state index contributed by atoms with van der Waals surface area (Å²) in [4.78, 5) is 8.69. The van der Waals surface area contributed by atoms with Crippen molar-refractivity contribution in [2.24, 2.45) is 0 Å². The molecule has 0 saturated carbocycles. The topological polar surface area (TPSA) is 49.8 Å². The highest BCUT2D eigenvalue weighted by Crippen LogP contribution is 2.36. The SMILES string of the molecule is CCNc1nc(Nc2ccccc2C(F)(F)F)cc(-c2ccccc2)n1. The van der Waals surface area contributed by atoms with Gasteiger partial charge in [0.15, 0.2) is 0 Å². The molecule has 7 heteroatoms. The lowest BCUT2D eigenvalue weighted by atomic mass is 10.1. The van der Waals surface area contributed by atoms with Crippen molar-refractivity contribution in [2.45, 2.75) is 13.1 Å². The first kappa shape index (κ1) is 17.7. The number of aromatic nitrogens is 2. The standard InChI is InChI=1S/C19H17F3N4/c1-2-23-18-25-16(13-8-4-3-5-9-13)12-17(26-18)24-15-11-7-6-10-14(15)19(20,21)22/h3-12H,2H2,1H3,(H2,23,24,25,26). The number of alkyl halides is 3. The molecule has 0 bridgehead atoms. The summed E-state index contributed by atoms with van der Waals surface area (Å²) in [6, 6.07) is 16.3. The molecule has 0 aliphatic heterocycles. The quantitative estimate of drug-likeness (QED) is 0.647. The fraction of sp³-hybridized carbons (Fsp3) is 0.158. The Balaban J connectivity index is 2.02. The Morgan fingerprint density at radius 1 is 0.923 bits per heavy atom. The minimum atomic E-state index is -4.45. The van der Waals surface area contributed by atoms with Crippen molar-refractivity contribution >= 4 is 17.5 Å². The van der Waals surface area contributed by atoms with Gasteiger partial charge in [0, 0.05) is 18.2 Å². The van der Waals surface area contributed by atoms with E-state index in [0.717, 1.165) is 11.6 Å². The predicted octanol–water partition coefficient (Wildman–Crippen LogP) is 5.34. The van der Waals surface area contributed by atoms with Crippen molar-refractivity contribution in [2.75, 3.05) is 17.2 Å². The summed E-state index contributed by atoms with van der Waals surface area (Å²) in [7, 11) is 0. The van der Waals surface area contributed by atoms with Gasteiger partial charge in [-0.05, 0) is 19.1 Å². The van der Waals surface area contributed by atoms with Gasteiger partial charge < -0.3 is 10.6 Å². The maximum atomic E-state index is 13.2. The van der Waals surface area contributed by atoms with Crippen LogP contribution in [0.1, 0.15) is 12.5 Å². The fourth-order valence-electron chi connectivity index (χ4n) is 2.48. The Labute approximate surface area is 149 Å². The van der Waals surface area contributed by atoms with Crippen LogP contribution in [0.3, 0.4) is 0 Å². The molecule has 3 rings (SSSR count). The lowest BCUT2D eigenvalue weighted by Crippen LogP contribution is -2.10. The van der Waals surface area contributed by atoms with Crippen LogP contribution in [0.4, 0.5) is 30.6 Å². The van der Waals surface area contributed by atoms with Crippen LogP contribution < -0.4 is 10.6 Å². The van der Waals surface area contributed by atoms with Crippen LogP contribution in [0.5, 0.6) is 0 Å². The molecule has 0 spiro atoms. The van der Waals surface area contributed by atoms with E-state index < -0.39 is 11.7 Å². The highest BCUT2D eigenvalue weighted by molar-refractivity contribution is 5.68. The van der Waals surface area contributed by atoms with Crippen LogP contribution in [0.2, 0.25) is 0 Å². The number of halogens is 3. The first-order chi connectivity index (χ1) is 12.5. The summed E-state index contributed by atoms with van der Waals surface area (Å²) in [5.74, 6) is 0.632. The lowest BCUT2D eigenvalue weighted by Gasteiger charge is -2.15. The second-order valence-electron chi connectivity index (χ2n) is 5.53. The molecule has 0 unspecified atom stereocenters. The lowest BCUT2D eigenvalue weighted by molar-refractivity contribution is -0.136. The first-order valence-electron chi connectivity index (χ1n) is 8.09. The van der Waals surface area contributed by atoms with Gasteiger partial charge in [-0.2, -0.15) is 18.2 Å². The number of para-hydroxylation sites is 1. The monoisotopic (exact) mass is 358 g/mol. The van der Waals surface area contributed by atoms with Crippen molar-refractivity contribution in [3.8, 4) is 11.3 Å².